The lowest BCUT2D eigenvalue weighted by molar-refractivity contribution is 0.204. The minimum Gasteiger partial charge on any atom is -0.508 e. The molecule has 0 spiro atoms. The van der Waals surface area contributed by atoms with E-state index in [2.05, 4.69) is 0 Å². The van der Waals surface area contributed by atoms with Crippen molar-refractivity contribution in [3.8, 4) is 17.6 Å². The Labute approximate surface area is 152 Å². The SMILES string of the molecule is N#CC1C=COC1C1=C(c2ccc(O)c(F)c2F)Cc2c(F)cc(O)cc21. The molecule has 2 aromatic rings. The molecule has 4 nitrogen and oxygen atoms in total. The number of nitrogens with zero attached hydrogens (tertiary/aromatic N) is 1. The fourth-order valence-corrected chi connectivity index (χ4v) is 3.57. The van der Waals surface area contributed by atoms with Crippen LogP contribution in [0.5, 0.6) is 11.5 Å². The van der Waals surface area contributed by atoms with Gasteiger partial charge in [-0.2, -0.15) is 9.65 Å². The number of rotatable bonds is 2. The number of halogens is 3. The van der Waals surface area contributed by atoms with Gasteiger partial charge in [-0.05, 0) is 35.4 Å². The van der Waals surface area contributed by atoms with Crippen LogP contribution in [0.25, 0.3) is 11.1 Å². The van der Waals surface area contributed by atoms with Gasteiger partial charge < -0.3 is 14.9 Å². The van der Waals surface area contributed by atoms with Gasteiger partial charge in [0.2, 0.25) is 5.82 Å². The molecule has 7 heteroatoms. The van der Waals surface area contributed by atoms with Gasteiger partial charge in [0.1, 0.15) is 23.6 Å². The number of benzene rings is 2. The molecular weight excluding hydrogens is 359 g/mol. The fraction of sp³-hybridized carbons (Fsp3) is 0.150. The molecular formula is C20H12F3NO3. The van der Waals surface area contributed by atoms with Crippen molar-refractivity contribution in [2.24, 2.45) is 5.92 Å². The third-order valence-electron chi connectivity index (χ3n) is 4.81. The lowest BCUT2D eigenvalue weighted by Crippen LogP contribution is -2.17. The molecule has 136 valence electrons. The Kier molecular flexibility index (Phi) is 3.84. The summed E-state index contributed by atoms with van der Waals surface area (Å²) in [6, 6.07) is 6.49. The minimum atomic E-state index is -1.42. The lowest BCUT2D eigenvalue weighted by atomic mass is 9.90. The zero-order chi connectivity index (χ0) is 19.3. The van der Waals surface area contributed by atoms with E-state index in [9.17, 15) is 28.6 Å². The van der Waals surface area contributed by atoms with Crippen LogP contribution >= 0.6 is 0 Å². The van der Waals surface area contributed by atoms with Gasteiger partial charge in [-0.3, -0.25) is 0 Å². The molecule has 1 aliphatic heterocycles. The molecule has 2 N–H and O–H groups in total. The molecule has 0 saturated heterocycles. The summed E-state index contributed by atoms with van der Waals surface area (Å²) in [7, 11) is 0. The van der Waals surface area contributed by atoms with Gasteiger partial charge in [-0.15, -0.1) is 0 Å². The second kappa shape index (κ2) is 6.09. The highest BCUT2D eigenvalue weighted by atomic mass is 19.2. The molecule has 1 heterocycles. The van der Waals surface area contributed by atoms with E-state index in [-0.39, 0.29) is 34.4 Å². The number of phenolic OH excluding ortho intramolecular Hbond substituents is 2. The first-order valence-electron chi connectivity index (χ1n) is 8.06. The molecule has 0 amide bonds. The van der Waals surface area contributed by atoms with Crippen LogP contribution in [0.3, 0.4) is 0 Å². The summed E-state index contributed by atoms with van der Waals surface area (Å²) in [5, 5.41) is 28.5. The van der Waals surface area contributed by atoms with Gasteiger partial charge in [0.15, 0.2) is 11.6 Å². The average molecular weight is 371 g/mol. The molecule has 0 saturated carbocycles. The third kappa shape index (κ3) is 2.53. The van der Waals surface area contributed by atoms with Gasteiger partial charge in [-0.1, -0.05) is 0 Å². The monoisotopic (exact) mass is 371 g/mol. The summed E-state index contributed by atoms with van der Waals surface area (Å²) >= 11 is 0. The maximum atomic E-state index is 14.5. The highest BCUT2D eigenvalue weighted by Crippen LogP contribution is 2.47. The van der Waals surface area contributed by atoms with Crippen molar-refractivity contribution in [1.29, 1.82) is 5.26 Å². The van der Waals surface area contributed by atoms with E-state index in [1.165, 1.54) is 24.5 Å². The second-order valence-corrected chi connectivity index (χ2v) is 6.32. The molecule has 0 radical (unpaired) electrons. The van der Waals surface area contributed by atoms with Crippen LogP contribution in [-0.2, 0) is 11.2 Å². The van der Waals surface area contributed by atoms with Gasteiger partial charge in [0.05, 0.1) is 12.3 Å². The van der Waals surface area contributed by atoms with E-state index < -0.39 is 35.2 Å². The summed E-state index contributed by atoms with van der Waals surface area (Å²) < 4.78 is 48.3. The van der Waals surface area contributed by atoms with Gasteiger partial charge in [-0.25, -0.2) is 8.78 Å². The van der Waals surface area contributed by atoms with Crippen molar-refractivity contribution in [3.05, 3.63) is 70.7 Å². The van der Waals surface area contributed by atoms with Crippen LogP contribution in [0.15, 0.2) is 36.6 Å². The molecule has 0 aromatic heterocycles. The van der Waals surface area contributed by atoms with E-state index in [1.807, 2.05) is 6.07 Å². The molecule has 2 atom stereocenters. The van der Waals surface area contributed by atoms with E-state index in [0.29, 0.717) is 5.57 Å². The maximum Gasteiger partial charge on any atom is 0.200 e. The Bertz CT molecular complexity index is 1070. The van der Waals surface area contributed by atoms with E-state index in [1.54, 1.807) is 0 Å². The standard InChI is InChI=1S/C20H12F3NO3/c21-15-6-10(25)5-13-12(15)7-14(11-1-2-16(26)19(23)18(11)22)17(13)20-9(8-24)3-4-27-20/h1-6,9,20,25-26H,7H2. The zero-order valence-corrected chi connectivity index (χ0v) is 13.7. The summed E-state index contributed by atoms with van der Waals surface area (Å²) in [5.41, 5.74) is 0.852. The van der Waals surface area contributed by atoms with Gasteiger partial charge in [0.25, 0.3) is 0 Å². The van der Waals surface area contributed by atoms with Gasteiger partial charge >= 0.3 is 0 Å². The summed E-state index contributed by atoms with van der Waals surface area (Å²) in [4.78, 5) is 0. The molecule has 27 heavy (non-hydrogen) atoms. The highest BCUT2D eigenvalue weighted by Gasteiger charge is 2.38. The maximum absolute atomic E-state index is 14.5. The Morgan fingerprint density at radius 2 is 1.85 bits per heavy atom. The summed E-state index contributed by atoms with van der Waals surface area (Å²) in [5.74, 6) is -5.28. The molecule has 4 rings (SSSR count). The number of aromatic hydroxyl groups is 2. The smallest absolute Gasteiger partial charge is 0.200 e. The predicted octanol–water partition coefficient (Wildman–Crippen LogP) is 4.03. The number of hydrogen-bond acceptors (Lipinski definition) is 4. The molecule has 2 aliphatic rings. The lowest BCUT2D eigenvalue weighted by Gasteiger charge is -2.19. The third-order valence-corrected chi connectivity index (χ3v) is 4.81. The number of nitriles is 1. The van der Waals surface area contributed by atoms with Crippen LogP contribution in [0.1, 0.15) is 16.7 Å². The van der Waals surface area contributed by atoms with Crippen LogP contribution < -0.4 is 0 Å². The van der Waals surface area contributed by atoms with Crippen LogP contribution in [0.2, 0.25) is 0 Å². The van der Waals surface area contributed by atoms with E-state index >= 15 is 0 Å². The van der Waals surface area contributed by atoms with Crippen molar-refractivity contribution in [2.75, 3.05) is 0 Å². The topological polar surface area (TPSA) is 73.5 Å². The first-order chi connectivity index (χ1) is 12.9. The summed E-state index contributed by atoms with van der Waals surface area (Å²) in [6.07, 6.45) is 1.91. The normalized spacial score (nSPS) is 20.5. The largest absolute Gasteiger partial charge is 0.508 e. The van der Waals surface area contributed by atoms with Crippen molar-refractivity contribution in [1.82, 2.24) is 0 Å². The van der Waals surface area contributed by atoms with Crippen molar-refractivity contribution < 1.29 is 28.1 Å². The Morgan fingerprint density at radius 1 is 1.07 bits per heavy atom. The quantitative estimate of drug-likeness (QED) is 0.836. The second-order valence-electron chi connectivity index (χ2n) is 6.32. The fourth-order valence-electron chi connectivity index (χ4n) is 3.57. The number of phenols is 2. The van der Waals surface area contributed by atoms with E-state index in [4.69, 9.17) is 4.74 Å². The zero-order valence-electron chi connectivity index (χ0n) is 13.7. The van der Waals surface area contributed by atoms with E-state index in [0.717, 1.165) is 12.1 Å². The van der Waals surface area contributed by atoms with Crippen LogP contribution in [0.4, 0.5) is 13.2 Å². The number of allylic oxidation sites excluding steroid dienone is 1. The molecule has 1 aliphatic carbocycles. The van der Waals surface area contributed by atoms with Gasteiger partial charge in [0, 0.05) is 29.2 Å². The Hall–Kier alpha value is -3.40. The molecule has 0 bridgehead atoms. The predicted molar refractivity (Wildman–Crippen MR) is 89.7 cm³/mol. The van der Waals surface area contributed by atoms with Crippen LogP contribution in [-0.4, -0.2) is 16.3 Å². The average Bonchev–Trinajstić information content (AvgIpc) is 3.23. The molecule has 2 aromatic carbocycles. The Balaban J connectivity index is 1.98. The van der Waals surface area contributed by atoms with Crippen molar-refractivity contribution in [3.63, 3.8) is 0 Å². The summed E-state index contributed by atoms with van der Waals surface area (Å²) in [6.45, 7) is 0. The van der Waals surface area contributed by atoms with Crippen LogP contribution in [0, 0.1) is 34.7 Å². The Morgan fingerprint density at radius 3 is 2.59 bits per heavy atom. The first kappa shape index (κ1) is 17.0. The van der Waals surface area contributed by atoms with Crippen molar-refractivity contribution in [2.45, 2.75) is 12.5 Å². The first-order valence-corrected chi connectivity index (χ1v) is 8.06. The number of hydrogen-bond donors (Lipinski definition) is 2. The minimum absolute atomic E-state index is 0.0735. The number of fused-ring (bicyclic) bond motifs is 1. The highest BCUT2D eigenvalue weighted by molar-refractivity contribution is 5.99. The van der Waals surface area contributed by atoms with Crippen molar-refractivity contribution >= 4 is 11.1 Å². The number of ether oxygens (including phenoxy) is 1. The molecule has 2 unspecified atom stereocenters. The molecule has 0 fully saturated rings.